The largest absolute Gasteiger partial charge is 2.00 e. The second-order valence-electron chi connectivity index (χ2n) is 14.3. The first kappa shape index (κ1) is 54.4. The quantitative estimate of drug-likeness (QED) is 0.0388. The Hall–Kier alpha value is -0.920. The Morgan fingerprint density at radius 2 is 0.647 bits per heavy atom. The number of allylic oxidation sites excluding steroid dienone is 4. The third-order valence-corrected chi connectivity index (χ3v) is 9.36. The predicted molar refractivity (Wildman–Crippen MR) is 219 cm³/mol. The molecule has 0 saturated carbocycles. The zero-order valence-corrected chi connectivity index (χ0v) is 36.9. The van der Waals surface area contributed by atoms with Gasteiger partial charge in [-0.3, -0.25) is 9.80 Å². The van der Waals surface area contributed by atoms with E-state index in [1.807, 2.05) is 0 Å². The number of carbonyl (C=O) groups is 2. The molecule has 0 aliphatic heterocycles. The molecule has 4 atom stereocenters. The van der Waals surface area contributed by atoms with Gasteiger partial charge in [0.05, 0.1) is 11.9 Å². The van der Waals surface area contributed by atoms with Crippen LogP contribution >= 0.6 is 0 Å². The van der Waals surface area contributed by atoms with Gasteiger partial charge in [-0.2, -0.15) is 0 Å². The van der Waals surface area contributed by atoms with E-state index in [0.29, 0.717) is 0 Å². The number of carbonyl (C=O) groups excluding carboxylic acids is 2. The van der Waals surface area contributed by atoms with Crippen molar-refractivity contribution in [3.63, 3.8) is 0 Å². The maximum Gasteiger partial charge on any atom is 2.00 e. The third-order valence-electron chi connectivity index (χ3n) is 9.36. The summed E-state index contributed by atoms with van der Waals surface area (Å²) in [5.74, 6) is -1.98. The van der Waals surface area contributed by atoms with Gasteiger partial charge < -0.3 is 19.8 Å². The normalized spacial score (nSPS) is 14.3. The molecule has 0 radical (unpaired) electrons. The molecule has 0 saturated heterocycles. The Balaban J connectivity index is -0.000000886. The average molecular weight is 741 g/mol. The van der Waals surface area contributed by atoms with Crippen molar-refractivity contribution in [2.45, 2.75) is 208 Å². The SMILES string of the molecule is CCCCC/C=C/CC(C)N(CC(=O)[O-])C(C)C/C=C/CCCCC.CCCCC/C=C/CC(C)N(CC(=O)[O-])C(C)C/C=C/CCCCC.[Ca+2]. The molecule has 0 N–H and O–H groups in total. The van der Waals surface area contributed by atoms with Gasteiger partial charge in [-0.25, -0.2) is 0 Å². The van der Waals surface area contributed by atoms with Crippen LogP contribution in [-0.2, 0) is 9.59 Å². The van der Waals surface area contributed by atoms with Gasteiger partial charge in [0.15, 0.2) is 0 Å². The van der Waals surface area contributed by atoms with Crippen LogP contribution in [0.15, 0.2) is 48.6 Å². The molecule has 7 heteroatoms. The van der Waals surface area contributed by atoms with Crippen LogP contribution in [0.2, 0.25) is 0 Å². The molecule has 292 valence electrons. The molecule has 0 fully saturated rings. The van der Waals surface area contributed by atoms with Gasteiger partial charge in [-0.1, -0.05) is 128 Å². The summed E-state index contributed by atoms with van der Waals surface area (Å²) in [6, 6.07) is 0.847. The summed E-state index contributed by atoms with van der Waals surface area (Å²) in [6.07, 6.45) is 40.9. The van der Waals surface area contributed by atoms with E-state index in [4.69, 9.17) is 0 Å². The second-order valence-corrected chi connectivity index (χ2v) is 14.3. The number of carboxylic acids is 2. The zero-order valence-electron chi connectivity index (χ0n) is 34.7. The standard InChI is InChI=1S/2C22H41NO2.Ca/c2*1-5-7-9-11-13-15-17-20(3)23(19-22(24)25)21(4)18-16-14-12-10-8-6-2;/h2*13-16,20-21H,5-12,17-19H2,1-4H3,(H,24,25);/q;;+2/p-2/b2*15-13+,16-14+;. The number of hydrogen-bond acceptors (Lipinski definition) is 6. The van der Waals surface area contributed by atoms with Gasteiger partial charge in [0.1, 0.15) is 0 Å². The van der Waals surface area contributed by atoms with E-state index >= 15 is 0 Å². The number of nitrogens with zero attached hydrogens (tertiary/aromatic N) is 2. The van der Waals surface area contributed by atoms with Crippen LogP contribution < -0.4 is 10.2 Å². The molecule has 0 rings (SSSR count). The van der Waals surface area contributed by atoms with Crippen molar-refractivity contribution in [3.05, 3.63) is 48.6 Å². The number of carboxylic acid groups (broad SMARTS) is 2. The van der Waals surface area contributed by atoms with Crippen LogP contribution in [0, 0.1) is 0 Å². The molecule has 0 spiro atoms. The van der Waals surface area contributed by atoms with Crippen LogP contribution in [0.4, 0.5) is 0 Å². The summed E-state index contributed by atoms with van der Waals surface area (Å²) in [6.45, 7) is 17.3. The molecule has 4 unspecified atom stereocenters. The summed E-state index contributed by atoms with van der Waals surface area (Å²) >= 11 is 0. The topological polar surface area (TPSA) is 86.7 Å². The summed E-state index contributed by atoms with van der Waals surface area (Å²) in [5.41, 5.74) is 0. The van der Waals surface area contributed by atoms with E-state index in [9.17, 15) is 19.8 Å². The van der Waals surface area contributed by atoms with Crippen molar-refractivity contribution >= 4 is 49.7 Å². The van der Waals surface area contributed by atoms with Gasteiger partial charge in [-0.05, 0) is 105 Å². The summed E-state index contributed by atoms with van der Waals surface area (Å²) in [7, 11) is 0. The number of aliphatic carboxylic acids is 2. The minimum absolute atomic E-state index is 0. The minimum Gasteiger partial charge on any atom is -0.549 e. The Labute approximate surface area is 346 Å². The average Bonchev–Trinajstić information content (AvgIpc) is 3.08. The molecule has 0 aromatic heterocycles. The summed E-state index contributed by atoms with van der Waals surface area (Å²) < 4.78 is 0. The molecule has 51 heavy (non-hydrogen) atoms. The Kier molecular flexibility index (Phi) is 43.0. The van der Waals surface area contributed by atoms with Gasteiger partial charge >= 0.3 is 37.7 Å². The fourth-order valence-electron chi connectivity index (χ4n) is 6.02. The van der Waals surface area contributed by atoms with Crippen molar-refractivity contribution < 1.29 is 19.8 Å². The van der Waals surface area contributed by atoms with Crippen LogP contribution in [0.25, 0.3) is 0 Å². The molecule has 0 heterocycles. The van der Waals surface area contributed by atoms with Crippen LogP contribution in [0.1, 0.15) is 184 Å². The molecule has 0 aromatic rings. The molecule has 0 aliphatic rings. The van der Waals surface area contributed by atoms with Crippen molar-refractivity contribution in [1.29, 1.82) is 0 Å². The first-order chi connectivity index (χ1) is 24.0. The van der Waals surface area contributed by atoms with Crippen molar-refractivity contribution in [1.82, 2.24) is 9.80 Å². The first-order valence-corrected chi connectivity index (χ1v) is 20.6. The van der Waals surface area contributed by atoms with E-state index in [1.165, 1.54) is 77.0 Å². The molecule has 0 aromatic carbocycles. The van der Waals surface area contributed by atoms with Gasteiger partial charge in [-0.15, -0.1) is 0 Å². The first-order valence-electron chi connectivity index (χ1n) is 20.6. The number of unbranched alkanes of at least 4 members (excludes halogenated alkanes) is 12. The van der Waals surface area contributed by atoms with Crippen molar-refractivity contribution in [2.24, 2.45) is 0 Å². The second kappa shape index (κ2) is 40.3. The number of rotatable bonds is 32. The smallest absolute Gasteiger partial charge is 0.549 e. The van der Waals surface area contributed by atoms with E-state index < -0.39 is 11.9 Å². The molecule has 0 bridgehead atoms. The maximum absolute atomic E-state index is 11.1. The number of hydrogen-bond donors (Lipinski definition) is 0. The molecule has 0 amide bonds. The van der Waals surface area contributed by atoms with Crippen LogP contribution in [-0.4, -0.2) is 96.7 Å². The van der Waals surface area contributed by atoms with Crippen molar-refractivity contribution in [2.75, 3.05) is 13.1 Å². The zero-order chi connectivity index (χ0) is 37.8. The van der Waals surface area contributed by atoms with E-state index in [0.717, 1.165) is 51.4 Å². The molecular weight excluding hydrogens is 661 g/mol. The van der Waals surface area contributed by atoms with Crippen LogP contribution in [0.5, 0.6) is 0 Å². The molecule has 6 nitrogen and oxygen atoms in total. The van der Waals surface area contributed by atoms with Gasteiger partial charge in [0.2, 0.25) is 0 Å². The molecule has 0 aliphatic carbocycles. The van der Waals surface area contributed by atoms with Crippen molar-refractivity contribution in [3.8, 4) is 0 Å². The Morgan fingerprint density at radius 1 is 0.431 bits per heavy atom. The minimum atomic E-state index is -0.988. The maximum atomic E-state index is 11.1. The summed E-state index contributed by atoms with van der Waals surface area (Å²) in [4.78, 5) is 26.4. The van der Waals surface area contributed by atoms with E-state index in [-0.39, 0.29) is 75.0 Å². The Morgan fingerprint density at radius 3 is 0.824 bits per heavy atom. The predicted octanol–water partition coefficient (Wildman–Crippen LogP) is 9.36. The van der Waals surface area contributed by atoms with E-state index in [1.54, 1.807) is 0 Å². The summed E-state index contributed by atoms with van der Waals surface area (Å²) in [5, 5.41) is 22.3. The van der Waals surface area contributed by atoms with Gasteiger partial charge in [0, 0.05) is 37.3 Å². The van der Waals surface area contributed by atoms with Crippen LogP contribution in [0.3, 0.4) is 0 Å². The third kappa shape index (κ3) is 35.9. The molecular formula is C44H80CaN2O4. The Bertz CT molecular complexity index is 776. The van der Waals surface area contributed by atoms with Gasteiger partial charge in [0.25, 0.3) is 0 Å². The monoisotopic (exact) mass is 741 g/mol. The van der Waals surface area contributed by atoms with E-state index in [2.05, 4.69) is 114 Å². The fourth-order valence-corrected chi connectivity index (χ4v) is 6.02. The fraction of sp³-hybridized carbons (Fsp3) is 0.773.